The Hall–Kier alpha value is -3.41. The number of hydrogen-bond donors (Lipinski definition) is 2. The predicted molar refractivity (Wildman–Crippen MR) is 117 cm³/mol. The molecule has 158 valence electrons. The Kier molecular flexibility index (Phi) is 6.16. The van der Waals surface area contributed by atoms with Crippen molar-refractivity contribution in [1.82, 2.24) is 24.5 Å². The lowest BCUT2D eigenvalue weighted by Gasteiger charge is -2.08. The average molecular weight is 455 g/mol. The van der Waals surface area contributed by atoms with Crippen LogP contribution in [0.15, 0.2) is 77.7 Å². The normalized spacial score (nSPS) is 11.4. The van der Waals surface area contributed by atoms with Crippen molar-refractivity contribution in [1.29, 1.82) is 0 Å². The van der Waals surface area contributed by atoms with Gasteiger partial charge in [-0.1, -0.05) is 6.07 Å². The van der Waals surface area contributed by atoms with Gasteiger partial charge in [-0.15, -0.1) is 11.3 Å². The summed E-state index contributed by atoms with van der Waals surface area (Å²) in [5, 5.41) is 8.67. The molecule has 0 fully saturated rings. The highest BCUT2D eigenvalue weighted by molar-refractivity contribution is 7.89. The molecule has 0 atom stereocenters. The summed E-state index contributed by atoms with van der Waals surface area (Å²) in [6, 6.07) is 13.0. The summed E-state index contributed by atoms with van der Waals surface area (Å²) in [7, 11) is -3.64. The molecule has 11 heteroatoms. The van der Waals surface area contributed by atoms with Gasteiger partial charge < -0.3 is 5.32 Å². The van der Waals surface area contributed by atoms with Crippen LogP contribution in [0.2, 0.25) is 0 Å². The zero-order valence-electron chi connectivity index (χ0n) is 16.2. The number of thiophene rings is 1. The van der Waals surface area contributed by atoms with E-state index in [1.807, 2.05) is 17.5 Å². The van der Waals surface area contributed by atoms with Crippen molar-refractivity contribution >= 4 is 33.0 Å². The number of anilines is 1. The molecule has 0 aliphatic rings. The number of nitrogens with zero attached hydrogens (tertiary/aromatic N) is 4. The summed E-state index contributed by atoms with van der Waals surface area (Å²) in [4.78, 5) is 21.8. The van der Waals surface area contributed by atoms with Gasteiger partial charge in [0.2, 0.25) is 10.0 Å². The summed E-state index contributed by atoms with van der Waals surface area (Å²) in [5.41, 5.74) is 0.832. The second-order valence-electron chi connectivity index (χ2n) is 6.45. The number of hydrogen-bond acceptors (Lipinski definition) is 7. The Balaban J connectivity index is 1.36. The molecule has 3 heterocycles. The summed E-state index contributed by atoms with van der Waals surface area (Å²) >= 11 is 1.58. The average Bonchev–Trinajstić information content (AvgIpc) is 3.49. The van der Waals surface area contributed by atoms with E-state index in [9.17, 15) is 13.2 Å². The predicted octanol–water partition coefficient (Wildman–Crippen LogP) is 2.50. The molecule has 3 aromatic heterocycles. The fraction of sp³-hybridized carbons (Fsp3) is 0.100. The van der Waals surface area contributed by atoms with Gasteiger partial charge in [-0.25, -0.2) is 27.8 Å². The Morgan fingerprint density at radius 2 is 1.94 bits per heavy atom. The summed E-state index contributed by atoms with van der Waals surface area (Å²) < 4.78 is 28.9. The second-order valence-corrected chi connectivity index (χ2v) is 9.25. The third-order valence-corrected chi connectivity index (χ3v) is 6.74. The van der Waals surface area contributed by atoms with E-state index in [2.05, 4.69) is 25.1 Å². The van der Waals surface area contributed by atoms with Gasteiger partial charge in [0.15, 0.2) is 5.82 Å². The topological polar surface area (TPSA) is 119 Å². The lowest BCUT2D eigenvalue weighted by molar-refractivity contribution is 0.102. The molecule has 0 saturated carbocycles. The molecule has 4 aromatic rings. The van der Waals surface area contributed by atoms with Crippen LogP contribution in [-0.2, 0) is 16.4 Å². The third-order valence-electron chi connectivity index (χ3n) is 4.33. The molecule has 1 aromatic carbocycles. The van der Waals surface area contributed by atoms with Crippen LogP contribution in [0.5, 0.6) is 0 Å². The number of aromatic nitrogens is 4. The number of amides is 1. The zero-order valence-corrected chi connectivity index (χ0v) is 17.8. The highest BCUT2D eigenvalue weighted by Crippen LogP contribution is 2.14. The van der Waals surface area contributed by atoms with E-state index in [4.69, 9.17) is 0 Å². The molecule has 0 saturated heterocycles. The van der Waals surface area contributed by atoms with Gasteiger partial charge in [0.05, 0.1) is 16.8 Å². The third kappa shape index (κ3) is 5.20. The molecule has 2 N–H and O–H groups in total. The van der Waals surface area contributed by atoms with Crippen LogP contribution in [0.1, 0.15) is 15.2 Å². The van der Waals surface area contributed by atoms with Crippen LogP contribution in [0, 0.1) is 0 Å². The molecule has 0 radical (unpaired) electrons. The van der Waals surface area contributed by atoms with Crippen LogP contribution in [0.25, 0.3) is 5.82 Å². The molecule has 0 spiro atoms. The van der Waals surface area contributed by atoms with E-state index in [1.54, 1.807) is 23.5 Å². The highest BCUT2D eigenvalue weighted by atomic mass is 32.2. The lowest BCUT2D eigenvalue weighted by Crippen LogP contribution is -2.26. The fourth-order valence-corrected chi connectivity index (χ4v) is 4.50. The van der Waals surface area contributed by atoms with Gasteiger partial charge in [0.1, 0.15) is 12.7 Å². The maximum Gasteiger partial charge on any atom is 0.255 e. The molecule has 0 aliphatic carbocycles. The highest BCUT2D eigenvalue weighted by Gasteiger charge is 2.15. The number of benzene rings is 1. The Morgan fingerprint density at radius 3 is 2.58 bits per heavy atom. The molecule has 4 rings (SSSR count). The number of rotatable bonds is 8. The largest absolute Gasteiger partial charge is 0.321 e. The molecular formula is C20H18N6O3S2. The van der Waals surface area contributed by atoms with Gasteiger partial charge in [-0.3, -0.25) is 4.79 Å². The quantitative estimate of drug-likeness (QED) is 0.422. The number of pyridine rings is 1. The van der Waals surface area contributed by atoms with E-state index in [0.717, 1.165) is 4.88 Å². The number of sulfonamides is 1. The Bertz CT molecular complexity index is 1240. The smallest absolute Gasteiger partial charge is 0.255 e. The van der Waals surface area contributed by atoms with Crippen molar-refractivity contribution in [3.05, 3.63) is 83.2 Å². The maximum atomic E-state index is 12.5. The van der Waals surface area contributed by atoms with Gasteiger partial charge in [-0.05, 0) is 54.3 Å². The molecule has 0 unspecified atom stereocenters. The fourth-order valence-electron chi connectivity index (χ4n) is 2.76. The molecule has 0 bridgehead atoms. The van der Waals surface area contributed by atoms with Gasteiger partial charge in [-0.2, -0.15) is 5.10 Å². The molecule has 0 aliphatic heterocycles. The van der Waals surface area contributed by atoms with Crippen LogP contribution in [0.4, 0.5) is 5.69 Å². The van der Waals surface area contributed by atoms with Crippen molar-refractivity contribution in [2.75, 3.05) is 11.9 Å². The standard InChI is InChI=1S/C20H18N6O3S2/c27-20(25-16-5-8-19(22-12-16)26-14-21-13-23-26)15-3-6-18(7-4-15)31(28,29)24-10-9-17-2-1-11-30-17/h1-8,11-14,24H,9-10H2,(H,25,27). The van der Waals surface area contributed by atoms with E-state index in [-0.39, 0.29) is 10.8 Å². The van der Waals surface area contributed by atoms with E-state index in [0.29, 0.717) is 30.0 Å². The van der Waals surface area contributed by atoms with Crippen molar-refractivity contribution in [3.63, 3.8) is 0 Å². The number of carbonyl (C=O) groups excluding carboxylic acids is 1. The van der Waals surface area contributed by atoms with Crippen LogP contribution in [-0.4, -0.2) is 40.6 Å². The van der Waals surface area contributed by atoms with Crippen molar-refractivity contribution in [2.45, 2.75) is 11.3 Å². The summed E-state index contributed by atoms with van der Waals surface area (Å²) in [6.45, 7) is 0.308. The summed E-state index contributed by atoms with van der Waals surface area (Å²) in [5.74, 6) is 0.196. The van der Waals surface area contributed by atoms with Gasteiger partial charge in [0, 0.05) is 17.0 Å². The number of carbonyl (C=O) groups is 1. The van der Waals surface area contributed by atoms with Gasteiger partial charge >= 0.3 is 0 Å². The Labute approximate surface area is 182 Å². The maximum absolute atomic E-state index is 12.5. The molecular weight excluding hydrogens is 436 g/mol. The van der Waals surface area contributed by atoms with Crippen LogP contribution >= 0.6 is 11.3 Å². The first-order chi connectivity index (χ1) is 15.0. The van der Waals surface area contributed by atoms with Crippen molar-refractivity contribution in [2.24, 2.45) is 0 Å². The molecule has 9 nitrogen and oxygen atoms in total. The molecule has 31 heavy (non-hydrogen) atoms. The minimum atomic E-state index is -3.64. The van der Waals surface area contributed by atoms with E-state index >= 15 is 0 Å². The molecule has 1 amide bonds. The van der Waals surface area contributed by atoms with Crippen LogP contribution < -0.4 is 10.0 Å². The Morgan fingerprint density at radius 1 is 1.10 bits per heavy atom. The van der Waals surface area contributed by atoms with Crippen LogP contribution in [0.3, 0.4) is 0 Å². The van der Waals surface area contributed by atoms with Gasteiger partial charge in [0.25, 0.3) is 5.91 Å². The number of nitrogens with one attached hydrogen (secondary N) is 2. The first-order valence-electron chi connectivity index (χ1n) is 9.26. The van der Waals surface area contributed by atoms with Crippen molar-refractivity contribution < 1.29 is 13.2 Å². The van der Waals surface area contributed by atoms with Crippen molar-refractivity contribution in [3.8, 4) is 5.82 Å². The monoisotopic (exact) mass is 454 g/mol. The SMILES string of the molecule is O=C(Nc1ccc(-n2cncn2)nc1)c1ccc(S(=O)(=O)NCCc2cccs2)cc1. The first kappa shape index (κ1) is 20.8. The summed E-state index contributed by atoms with van der Waals surface area (Å²) in [6.07, 6.45) is 5.06. The minimum absolute atomic E-state index is 0.106. The minimum Gasteiger partial charge on any atom is -0.321 e. The lowest BCUT2D eigenvalue weighted by atomic mass is 10.2. The van der Waals surface area contributed by atoms with E-state index in [1.165, 1.54) is 47.8 Å². The zero-order chi connectivity index (χ0) is 21.7. The first-order valence-corrected chi connectivity index (χ1v) is 11.6. The second kappa shape index (κ2) is 9.16. The van der Waals surface area contributed by atoms with E-state index < -0.39 is 10.0 Å².